The van der Waals surface area contributed by atoms with Crippen molar-refractivity contribution in [2.45, 2.75) is 37.4 Å². The van der Waals surface area contributed by atoms with Gasteiger partial charge < -0.3 is 15.0 Å². The van der Waals surface area contributed by atoms with Gasteiger partial charge in [0, 0.05) is 19.0 Å². The summed E-state index contributed by atoms with van der Waals surface area (Å²) in [5.74, 6) is 0.232. The first kappa shape index (κ1) is 17.8. The van der Waals surface area contributed by atoms with E-state index in [9.17, 15) is 22.8 Å². The highest BCUT2D eigenvalue weighted by atomic mass is 19.4. The van der Waals surface area contributed by atoms with Gasteiger partial charge >= 0.3 is 12.3 Å². The van der Waals surface area contributed by atoms with E-state index in [1.54, 1.807) is 6.07 Å². The summed E-state index contributed by atoms with van der Waals surface area (Å²) in [7, 11) is 0. The van der Waals surface area contributed by atoms with Crippen LogP contribution in [0.5, 0.6) is 0 Å². The number of rotatable bonds is 2. The standard InChI is InChI=1S/C20H21F3N2O3/c1-18-9-25(16(26)12-6-19(7-12)10-28-17(27)24-19)8-14(18)15(18)11-3-2-4-13(5-11)20(21,22)23/h2-5,12,14-15H,6-10H2,1H3,(H,24,27)/t12-,14-,15-,18-,19+/m0/s1. The minimum Gasteiger partial charge on any atom is -0.447 e. The predicted molar refractivity (Wildman–Crippen MR) is 92.3 cm³/mol. The number of nitrogens with one attached hydrogen (secondary N) is 1. The largest absolute Gasteiger partial charge is 0.447 e. The number of halogens is 3. The zero-order valence-electron chi connectivity index (χ0n) is 15.4. The number of hydrogen-bond acceptors (Lipinski definition) is 3. The first-order chi connectivity index (χ1) is 13.1. The van der Waals surface area contributed by atoms with E-state index in [1.807, 2.05) is 4.90 Å². The maximum absolute atomic E-state index is 13.0. The fraction of sp³-hybridized carbons (Fsp3) is 0.600. The Morgan fingerprint density at radius 3 is 2.64 bits per heavy atom. The van der Waals surface area contributed by atoms with E-state index in [0.29, 0.717) is 38.1 Å². The molecule has 150 valence electrons. The molecule has 2 amide bonds. The fourth-order valence-electron chi connectivity index (χ4n) is 5.62. The van der Waals surface area contributed by atoms with E-state index in [-0.39, 0.29) is 34.6 Å². The van der Waals surface area contributed by atoms with Crippen molar-refractivity contribution in [3.63, 3.8) is 0 Å². The number of benzene rings is 1. The quantitative estimate of drug-likeness (QED) is 0.838. The van der Waals surface area contributed by atoms with Gasteiger partial charge in [0.05, 0.1) is 11.1 Å². The van der Waals surface area contributed by atoms with Crippen molar-refractivity contribution in [2.24, 2.45) is 17.3 Å². The van der Waals surface area contributed by atoms with Crippen LogP contribution in [0.25, 0.3) is 0 Å². The summed E-state index contributed by atoms with van der Waals surface area (Å²) in [6, 6.07) is 5.56. The molecule has 5 rings (SSSR count). The van der Waals surface area contributed by atoms with Crippen molar-refractivity contribution in [3.8, 4) is 0 Å². The molecule has 1 spiro atoms. The Morgan fingerprint density at radius 2 is 2.07 bits per heavy atom. The summed E-state index contributed by atoms with van der Waals surface area (Å²) in [4.78, 5) is 25.9. The zero-order chi connectivity index (χ0) is 19.9. The van der Waals surface area contributed by atoms with Crippen LogP contribution >= 0.6 is 0 Å². The molecular weight excluding hydrogens is 373 g/mol. The van der Waals surface area contributed by atoms with Gasteiger partial charge in [-0.05, 0) is 41.7 Å². The summed E-state index contributed by atoms with van der Waals surface area (Å²) >= 11 is 0. The number of piperidine rings is 1. The van der Waals surface area contributed by atoms with Crippen LogP contribution < -0.4 is 5.32 Å². The SMILES string of the molecule is C[C@]12CN(C(=O)[C@H]3C[C@]4(COC(=O)N4)C3)C[C@H]1[C@@H]2c1cccc(C(F)(F)F)c1. The highest BCUT2D eigenvalue weighted by Crippen LogP contribution is 2.68. The molecule has 0 unspecified atom stereocenters. The van der Waals surface area contributed by atoms with Crippen LogP contribution in [-0.4, -0.2) is 42.1 Å². The Balaban J connectivity index is 1.23. The molecule has 2 saturated heterocycles. The molecular formula is C20H21F3N2O3. The molecule has 4 fully saturated rings. The fourth-order valence-corrected chi connectivity index (χ4v) is 5.62. The number of fused-ring (bicyclic) bond motifs is 1. The van der Waals surface area contributed by atoms with Gasteiger partial charge in [0.1, 0.15) is 6.61 Å². The molecule has 8 heteroatoms. The van der Waals surface area contributed by atoms with Gasteiger partial charge in [0.2, 0.25) is 5.91 Å². The van der Waals surface area contributed by atoms with E-state index >= 15 is 0 Å². The first-order valence-electron chi connectivity index (χ1n) is 9.52. The maximum Gasteiger partial charge on any atom is 0.416 e. The van der Waals surface area contributed by atoms with Crippen LogP contribution in [-0.2, 0) is 15.7 Å². The average molecular weight is 394 g/mol. The maximum atomic E-state index is 13.0. The smallest absolute Gasteiger partial charge is 0.416 e. The number of alkyl carbamates (subject to hydrolysis) is 1. The molecule has 0 radical (unpaired) electrons. The zero-order valence-corrected chi connectivity index (χ0v) is 15.4. The second-order valence-corrected chi connectivity index (χ2v) is 9.02. The number of amides is 2. The number of carbonyl (C=O) groups is 2. The molecule has 0 bridgehead atoms. The van der Waals surface area contributed by atoms with E-state index in [0.717, 1.165) is 6.07 Å². The Bertz CT molecular complexity index is 864. The number of alkyl halides is 3. The minimum atomic E-state index is -4.34. The number of likely N-dealkylation sites (tertiary alicyclic amines) is 1. The highest BCUT2D eigenvalue weighted by Gasteiger charge is 2.67. The van der Waals surface area contributed by atoms with Gasteiger partial charge in [-0.15, -0.1) is 0 Å². The predicted octanol–water partition coefficient (Wildman–Crippen LogP) is 3.16. The Hall–Kier alpha value is -2.25. The molecule has 1 aromatic rings. The third kappa shape index (κ3) is 2.53. The second kappa shape index (κ2) is 5.42. The van der Waals surface area contributed by atoms with Gasteiger partial charge in [-0.2, -0.15) is 13.2 Å². The summed E-state index contributed by atoms with van der Waals surface area (Å²) in [6.07, 6.45) is -3.59. The summed E-state index contributed by atoms with van der Waals surface area (Å²) in [6.45, 7) is 3.53. The third-order valence-corrected chi connectivity index (χ3v) is 7.15. The Kier molecular flexibility index (Phi) is 3.45. The van der Waals surface area contributed by atoms with E-state index < -0.39 is 17.8 Å². The molecule has 28 heavy (non-hydrogen) atoms. The van der Waals surface area contributed by atoms with Crippen LogP contribution in [0.2, 0.25) is 0 Å². The lowest BCUT2D eigenvalue weighted by Crippen LogP contribution is -2.58. The van der Waals surface area contributed by atoms with E-state index in [2.05, 4.69) is 12.2 Å². The van der Waals surface area contributed by atoms with Crippen LogP contribution in [0.4, 0.5) is 18.0 Å². The van der Waals surface area contributed by atoms with E-state index in [1.165, 1.54) is 12.1 Å². The molecule has 4 aliphatic rings. The first-order valence-corrected chi connectivity index (χ1v) is 9.52. The molecule has 1 N–H and O–H groups in total. The molecule has 2 aliphatic heterocycles. The topological polar surface area (TPSA) is 58.6 Å². The van der Waals surface area contributed by atoms with Gasteiger partial charge in [-0.3, -0.25) is 4.79 Å². The molecule has 5 nitrogen and oxygen atoms in total. The molecule has 2 saturated carbocycles. The lowest BCUT2D eigenvalue weighted by atomic mass is 9.68. The van der Waals surface area contributed by atoms with Gasteiger partial charge in [-0.1, -0.05) is 25.1 Å². The Morgan fingerprint density at radius 1 is 1.32 bits per heavy atom. The lowest BCUT2D eigenvalue weighted by Gasteiger charge is -2.43. The molecule has 3 atom stereocenters. The van der Waals surface area contributed by atoms with E-state index in [4.69, 9.17) is 4.74 Å². The van der Waals surface area contributed by atoms with Gasteiger partial charge in [-0.25, -0.2) is 4.79 Å². The van der Waals surface area contributed by atoms with Gasteiger partial charge in [0.25, 0.3) is 0 Å². The number of nitrogens with zero attached hydrogens (tertiary/aromatic N) is 1. The van der Waals surface area contributed by atoms with Crippen molar-refractivity contribution < 1.29 is 27.5 Å². The van der Waals surface area contributed by atoms with Crippen molar-refractivity contribution >= 4 is 12.0 Å². The molecule has 1 aromatic carbocycles. The van der Waals surface area contributed by atoms with Crippen LogP contribution in [0, 0.1) is 17.3 Å². The molecule has 0 aromatic heterocycles. The number of hydrogen-bond donors (Lipinski definition) is 1. The van der Waals surface area contributed by atoms with Crippen LogP contribution in [0.15, 0.2) is 24.3 Å². The van der Waals surface area contributed by atoms with Crippen LogP contribution in [0.1, 0.15) is 36.8 Å². The van der Waals surface area contributed by atoms with Crippen molar-refractivity contribution in [1.29, 1.82) is 0 Å². The summed E-state index contributed by atoms with van der Waals surface area (Å²) in [5, 5.41) is 2.79. The average Bonchev–Trinajstić information content (AvgIpc) is 2.90. The van der Waals surface area contributed by atoms with Crippen LogP contribution in [0.3, 0.4) is 0 Å². The lowest BCUT2D eigenvalue weighted by molar-refractivity contribution is -0.141. The van der Waals surface area contributed by atoms with Gasteiger partial charge in [0.15, 0.2) is 0 Å². The summed E-state index contributed by atoms with van der Waals surface area (Å²) < 4.78 is 43.9. The van der Waals surface area contributed by atoms with Crippen molar-refractivity contribution in [2.75, 3.05) is 19.7 Å². The monoisotopic (exact) mass is 394 g/mol. The van der Waals surface area contributed by atoms with Crippen molar-refractivity contribution in [1.82, 2.24) is 10.2 Å². The highest BCUT2D eigenvalue weighted by molar-refractivity contribution is 5.82. The molecule has 2 aliphatic carbocycles. The summed E-state index contributed by atoms with van der Waals surface area (Å²) in [5.41, 5.74) is -0.453. The second-order valence-electron chi connectivity index (χ2n) is 9.02. The normalized spacial score (nSPS) is 38.6. The third-order valence-electron chi connectivity index (χ3n) is 7.15. The molecule has 2 heterocycles. The number of cyclic esters (lactones) is 1. The van der Waals surface area contributed by atoms with Crippen molar-refractivity contribution in [3.05, 3.63) is 35.4 Å². The number of ether oxygens (including phenoxy) is 1. The Labute approximate surface area is 160 Å². The minimum absolute atomic E-state index is 0.0640. The number of carbonyl (C=O) groups excluding carboxylic acids is 2.